The van der Waals surface area contributed by atoms with Crippen molar-refractivity contribution in [2.45, 2.75) is 6.42 Å². The van der Waals surface area contributed by atoms with Crippen LogP contribution in [0, 0.1) is 0 Å². The van der Waals surface area contributed by atoms with Crippen LogP contribution in [0.3, 0.4) is 0 Å². The molecule has 0 radical (unpaired) electrons. The molecule has 0 unspecified atom stereocenters. The first-order chi connectivity index (χ1) is 10.7. The van der Waals surface area contributed by atoms with Crippen molar-refractivity contribution >= 4 is 17.7 Å². The molecule has 0 fully saturated rings. The topological polar surface area (TPSA) is 65.0 Å². The van der Waals surface area contributed by atoms with Gasteiger partial charge in [0.05, 0.1) is 7.11 Å². The Balaban J connectivity index is 2.24. The van der Waals surface area contributed by atoms with Crippen LogP contribution in [-0.4, -0.2) is 24.8 Å². The van der Waals surface area contributed by atoms with E-state index in [9.17, 15) is 9.59 Å². The third-order valence-corrected chi connectivity index (χ3v) is 2.85. The van der Waals surface area contributed by atoms with Crippen molar-refractivity contribution in [3.8, 4) is 0 Å². The summed E-state index contributed by atoms with van der Waals surface area (Å²) in [5, 5.41) is 3.91. The fraction of sp³-hybridized carbons (Fsp3) is 0.118. The number of rotatable bonds is 5. The van der Waals surface area contributed by atoms with Crippen molar-refractivity contribution in [1.82, 2.24) is 0 Å². The van der Waals surface area contributed by atoms with Crippen LogP contribution in [0.2, 0.25) is 0 Å². The van der Waals surface area contributed by atoms with Gasteiger partial charge in [-0.25, -0.2) is 4.79 Å². The third kappa shape index (κ3) is 4.28. The highest BCUT2D eigenvalue weighted by Crippen LogP contribution is 2.11. The monoisotopic (exact) mass is 297 g/mol. The molecule has 0 amide bonds. The maximum Gasteiger partial charge on any atom is 0.346 e. The number of nitrogens with zero attached hydrogens (tertiary/aromatic N) is 1. The van der Waals surface area contributed by atoms with Crippen LogP contribution >= 0.6 is 0 Å². The molecule has 0 spiro atoms. The highest BCUT2D eigenvalue weighted by atomic mass is 16.7. The maximum atomic E-state index is 11.5. The van der Waals surface area contributed by atoms with Crippen LogP contribution in [0.15, 0.2) is 65.8 Å². The lowest BCUT2D eigenvalue weighted by molar-refractivity contribution is -0.153. The number of carbonyl (C=O) groups excluding carboxylic acids is 2. The predicted molar refractivity (Wildman–Crippen MR) is 81.2 cm³/mol. The van der Waals surface area contributed by atoms with E-state index >= 15 is 0 Å². The predicted octanol–water partition coefficient (Wildman–Crippen LogP) is 2.55. The first kappa shape index (κ1) is 15.4. The van der Waals surface area contributed by atoms with Crippen LogP contribution in [0.1, 0.15) is 17.5 Å². The molecular weight excluding hydrogens is 282 g/mol. The zero-order valence-corrected chi connectivity index (χ0v) is 12.1. The minimum absolute atomic E-state index is 0.475. The number of ether oxygens (including phenoxy) is 1. The van der Waals surface area contributed by atoms with Crippen molar-refractivity contribution in [2.75, 3.05) is 7.11 Å². The number of methoxy groups -OCH3 is 1. The third-order valence-electron chi connectivity index (χ3n) is 2.85. The van der Waals surface area contributed by atoms with Crippen molar-refractivity contribution in [3.05, 3.63) is 71.8 Å². The Bertz CT molecular complexity index is 624. The Kier molecular flexibility index (Phi) is 5.43. The molecule has 0 bridgehead atoms. The van der Waals surface area contributed by atoms with Crippen molar-refractivity contribution < 1.29 is 19.2 Å². The van der Waals surface area contributed by atoms with E-state index in [-0.39, 0.29) is 0 Å². The molecule has 0 atom stereocenters. The molecule has 0 aromatic heterocycles. The van der Waals surface area contributed by atoms with Gasteiger partial charge in [-0.2, -0.15) is 0 Å². The number of hydrogen-bond donors (Lipinski definition) is 0. The average molecular weight is 297 g/mol. The fourth-order valence-electron chi connectivity index (χ4n) is 1.78. The van der Waals surface area contributed by atoms with Gasteiger partial charge in [-0.1, -0.05) is 65.8 Å². The summed E-state index contributed by atoms with van der Waals surface area (Å²) in [5.41, 5.74) is 2.12. The van der Waals surface area contributed by atoms with E-state index in [1.807, 2.05) is 60.7 Å². The smallest absolute Gasteiger partial charge is 0.346 e. The second-order valence-corrected chi connectivity index (χ2v) is 4.39. The SMILES string of the molecule is COC(=O)CC(=O)ON=C(c1ccccc1)c1ccccc1. The van der Waals surface area contributed by atoms with E-state index in [1.165, 1.54) is 7.11 Å². The lowest BCUT2D eigenvalue weighted by atomic mass is 10.0. The minimum atomic E-state index is -0.767. The number of oxime groups is 1. The van der Waals surface area contributed by atoms with Gasteiger partial charge in [-0.3, -0.25) is 4.79 Å². The largest absolute Gasteiger partial charge is 0.469 e. The lowest BCUT2D eigenvalue weighted by Gasteiger charge is -2.06. The number of esters is 1. The summed E-state index contributed by atoms with van der Waals surface area (Å²) in [4.78, 5) is 27.4. The molecule has 0 saturated heterocycles. The summed E-state index contributed by atoms with van der Waals surface area (Å²) >= 11 is 0. The molecule has 0 aliphatic heterocycles. The van der Waals surface area contributed by atoms with Crippen molar-refractivity contribution in [1.29, 1.82) is 0 Å². The maximum absolute atomic E-state index is 11.5. The lowest BCUT2D eigenvalue weighted by Crippen LogP contribution is -2.12. The van der Waals surface area contributed by atoms with Gasteiger partial charge < -0.3 is 9.57 Å². The molecular formula is C17H15NO4. The van der Waals surface area contributed by atoms with Gasteiger partial charge in [0.15, 0.2) is 0 Å². The Morgan fingerprint density at radius 1 is 0.864 bits per heavy atom. The molecule has 2 aromatic rings. The Morgan fingerprint density at radius 2 is 1.36 bits per heavy atom. The van der Waals surface area contributed by atoms with E-state index in [1.54, 1.807) is 0 Å². The van der Waals surface area contributed by atoms with Gasteiger partial charge in [-0.15, -0.1) is 0 Å². The summed E-state index contributed by atoms with van der Waals surface area (Å²) in [6.45, 7) is 0. The zero-order valence-electron chi connectivity index (χ0n) is 12.1. The van der Waals surface area contributed by atoms with Crippen LogP contribution in [-0.2, 0) is 19.2 Å². The number of carbonyl (C=O) groups is 2. The van der Waals surface area contributed by atoms with Gasteiger partial charge in [0, 0.05) is 11.1 Å². The molecule has 5 nitrogen and oxygen atoms in total. The minimum Gasteiger partial charge on any atom is -0.469 e. The van der Waals surface area contributed by atoms with E-state index in [4.69, 9.17) is 4.84 Å². The van der Waals surface area contributed by atoms with Gasteiger partial charge in [0.25, 0.3) is 0 Å². The zero-order chi connectivity index (χ0) is 15.8. The molecule has 0 saturated carbocycles. The normalized spacial score (nSPS) is 9.68. The van der Waals surface area contributed by atoms with Crippen molar-refractivity contribution in [2.24, 2.45) is 5.16 Å². The Hall–Kier alpha value is -2.95. The number of hydrogen-bond acceptors (Lipinski definition) is 5. The molecule has 5 heteroatoms. The van der Waals surface area contributed by atoms with Crippen LogP contribution < -0.4 is 0 Å². The molecule has 0 aliphatic carbocycles. The second-order valence-electron chi connectivity index (χ2n) is 4.39. The van der Waals surface area contributed by atoms with E-state index in [2.05, 4.69) is 9.89 Å². The molecule has 2 aromatic carbocycles. The molecule has 22 heavy (non-hydrogen) atoms. The van der Waals surface area contributed by atoms with Gasteiger partial charge >= 0.3 is 11.9 Å². The fourth-order valence-corrected chi connectivity index (χ4v) is 1.78. The van der Waals surface area contributed by atoms with Crippen molar-refractivity contribution in [3.63, 3.8) is 0 Å². The van der Waals surface area contributed by atoms with E-state index < -0.39 is 18.4 Å². The summed E-state index contributed by atoms with van der Waals surface area (Å²) in [7, 11) is 1.21. The molecule has 0 aliphatic rings. The molecule has 0 heterocycles. The van der Waals surface area contributed by atoms with E-state index in [0.717, 1.165) is 11.1 Å². The summed E-state index contributed by atoms with van der Waals surface area (Å²) in [5.74, 6) is -1.43. The highest BCUT2D eigenvalue weighted by molar-refractivity contribution is 6.12. The van der Waals surface area contributed by atoms with Crippen LogP contribution in [0.5, 0.6) is 0 Å². The second kappa shape index (κ2) is 7.73. The quantitative estimate of drug-likeness (QED) is 0.280. The molecule has 2 rings (SSSR count). The summed E-state index contributed by atoms with van der Waals surface area (Å²) in [6.07, 6.45) is -0.475. The molecule has 112 valence electrons. The Labute approximate surface area is 128 Å². The highest BCUT2D eigenvalue weighted by Gasteiger charge is 2.13. The average Bonchev–Trinajstić information content (AvgIpc) is 2.57. The van der Waals surface area contributed by atoms with E-state index in [0.29, 0.717) is 5.71 Å². The van der Waals surface area contributed by atoms with Gasteiger partial charge in [0.1, 0.15) is 12.1 Å². The summed E-state index contributed by atoms with van der Waals surface area (Å²) in [6, 6.07) is 18.7. The number of benzene rings is 2. The van der Waals surface area contributed by atoms with Crippen LogP contribution in [0.4, 0.5) is 0 Å². The van der Waals surface area contributed by atoms with Crippen LogP contribution in [0.25, 0.3) is 0 Å². The van der Waals surface area contributed by atoms with Gasteiger partial charge in [-0.05, 0) is 0 Å². The Morgan fingerprint density at radius 3 is 1.82 bits per heavy atom. The van der Waals surface area contributed by atoms with Gasteiger partial charge in [0.2, 0.25) is 0 Å². The standard InChI is InChI=1S/C17H15NO4/c1-21-15(19)12-16(20)22-18-17(13-8-4-2-5-9-13)14-10-6-3-7-11-14/h2-11H,12H2,1H3. The first-order valence-electron chi connectivity index (χ1n) is 6.66. The molecule has 0 N–H and O–H groups in total. The first-order valence-corrected chi connectivity index (χ1v) is 6.66. The summed E-state index contributed by atoms with van der Waals surface area (Å²) < 4.78 is 4.41.